The van der Waals surface area contributed by atoms with Crippen molar-refractivity contribution in [2.24, 2.45) is 0 Å². The smallest absolute Gasteiger partial charge is 0.132 e. The zero-order valence-corrected chi connectivity index (χ0v) is 11.3. The number of ether oxygens (including phenoxy) is 1. The second-order valence-corrected chi connectivity index (χ2v) is 4.47. The molecule has 3 heteroatoms. The van der Waals surface area contributed by atoms with Gasteiger partial charge in [0.05, 0.1) is 0 Å². The van der Waals surface area contributed by atoms with Crippen LogP contribution in [0.3, 0.4) is 0 Å². The van der Waals surface area contributed by atoms with Crippen molar-refractivity contribution in [2.75, 3.05) is 13.2 Å². The van der Waals surface area contributed by atoms with E-state index in [1.807, 2.05) is 6.92 Å². The fraction of sp³-hybridized carbons (Fsp3) is 0.857. The van der Waals surface area contributed by atoms with Gasteiger partial charge in [-0.2, -0.15) is 0 Å². The van der Waals surface area contributed by atoms with E-state index >= 15 is 0 Å². The highest BCUT2D eigenvalue weighted by Gasteiger charge is 2.05. The maximum atomic E-state index is 10.5. The van der Waals surface area contributed by atoms with E-state index in [1.54, 1.807) is 6.92 Å². The molecule has 1 aliphatic heterocycles. The zero-order valence-electron chi connectivity index (χ0n) is 11.3. The molecule has 0 unspecified atom stereocenters. The predicted octanol–water partition coefficient (Wildman–Crippen LogP) is 3.30. The van der Waals surface area contributed by atoms with Crippen molar-refractivity contribution in [1.82, 2.24) is 0 Å². The van der Waals surface area contributed by atoms with Crippen molar-refractivity contribution in [2.45, 2.75) is 65.2 Å². The summed E-state index contributed by atoms with van der Waals surface area (Å²) in [5, 5.41) is 0. The average molecular weight is 242 g/mol. The van der Waals surface area contributed by atoms with Crippen molar-refractivity contribution in [3.05, 3.63) is 0 Å². The molecule has 17 heavy (non-hydrogen) atoms. The van der Waals surface area contributed by atoms with Crippen LogP contribution in [0.2, 0.25) is 0 Å². The lowest BCUT2D eigenvalue weighted by Gasteiger charge is -2.05. The van der Waals surface area contributed by atoms with Crippen molar-refractivity contribution >= 4 is 11.6 Å². The first-order valence-corrected chi connectivity index (χ1v) is 6.75. The Morgan fingerprint density at radius 1 is 1.06 bits per heavy atom. The molecule has 0 radical (unpaired) electrons. The summed E-state index contributed by atoms with van der Waals surface area (Å²) in [5.41, 5.74) is 0. The number of Topliss-reactive ketones (excluding diaryl/α,β-unsaturated/α-hetero) is 2. The lowest BCUT2D eigenvalue weighted by atomic mass is 10.00. The molecule has 3 nitrogen and oxygen atoms in total. The largest absolute Gasteiger partial charge is 0.381 e. The van der Waals surface area contributed by atoms with Gasteiger partial charge in [0.1, 0.15) is 11.6 Å². The molecule has 2 rings (SSSR count). The Morgan fingerprint density at radius 2 is 1.53 bits per heavy atom. The van der Waals surface area contributed by atoms with E-state index in [2.05, 4.69) is 0 Å². The monoisotopic (exact) mass is 242 g/mol. The minimum Gasteiger partial charge on any atom is -0.381 e. The van der Waals surface area contributed by atoms with E-state index in [1.165, 1.54) is 19.3 Å². The van der Waals surface area contributed by atoms with Gasteiger partial charge in [-0.15, -0.1) is 0 Å². The third kappa shape index (κ3) is 13.2. The molecule has 0 amide bonds. The molecule has 1 heterocycles. The molecule has 0 aromatic heterocycles. The lowest BCUT2D eigenvalue weighted by molar-refractivity contribution is -0.120. The minimum atomic E-state index is 0.255. The van der Waals surface area contributed by atoms with E-state index in [-0.39, 0.29) is 5.78 Å². The van der Waals surface area contributed by atoms with Crippen molar-refractivity contribution < 1.29 is 14.3 Å². The topological polar surface area (TPSA) is 43.4 Å². The van der Waals surface area contributed by atoms with Crippen molar-refractivity contribution in [3.63, 3.8) is 0 Å². The van der Waals surface area contributed by atoms with Gasteiger partial charge in [0.2, 0.25) is 0 Å². The zero-order chi connectivity index (χ0) is 12.9. The Balaban J connectivity index is 0.000000232. The van der Waals surface area contributed by atoms with Gasteiger partial charge in [-0.1, -0.05) is 13.3 Å². The van der Waals surface area contributed by atoms with Crippen LogP contribution in [-0.4, -0.2) is 24.8 Å². The quantitative estimate of drug-likeness (QED) is 0.708. The number of ketones is 2. The van der Waals surface area contributed by atoms with Gasteiger partial charge in [0, 0.05) is 32.5 Å². The van der Waals surface area contributed by atoms with Gasteiger partial charge in [-0.3, -0.25) is 4.79 Å². The highest BCUT2D eigenvalue weighted by molar-refractivity contribution is 5.78. The summed E-state index contributed by atoms with van der Waals surface area (Å²) in [6.45, 7) is 5.43. The van der Waals surface area contributed by atoms with Crippen LogP contribution < -0.4 is 0 Å². The number of hydrogen-bond donors (Lipinski definition) is 0. The Labute approximate surface area is 105 Å². The minimum absolute atomic E-state index is 0.255. The first-order chi connectivity index (χ1) is 8.16. The third-order valence-corrected chi connectivity index (χ3v) is 2.74. The van der Waals surface area contributed by atoms with Crippen LogP contribution in [0.25, 0.3) is 0 Å². The first-order valence-electron chi connectivity index (χ1n) is 6.75. The molecule has 100 valence electrons. The lowest BCUT2D eigenvalue weighted by Crippen LogP contribution is -2.02. The Kier molecular flexibility index (Phi) is 11.3. The molecule has 1 saturated carbocycles. The van der Waals surface area contributed by atoms with E-state index in [0.29, 0.717) is 12.2 Å². The molecule has 0 aromatic carbocycles. The van der Waals surface area contributed by atoms with Gasteiger partial charge >= 0.3 is 0 Å². The second-order valence-electron chi connectivity index (χ2n) is 4.47. The number of carbonyl (C=O) groups is 2. The summed E-state index contributed by atoms with van der Waals surface area (Å²) in [6, 6.07) is 0. The van der Waals surface area contributed by atoms with E-state index in [9.17, 15) is 9.59 Å². The SMILES string of the molecule is C1CCOC1.CCC(C)=O.O=C1CCCCC1. The van der Waals surface area contributed by atoms with Crippen LogP contribution >= 0.6 is 0 Å². The molecular weight excluding hydrogens is 216 g/mol. The molecule has 0 atom stereocenters. The van der Waals surface area contributed by atoms with E-state index in [4.69, 9.17) is 4.74 Å². The summed E-state index contributed by atoms with van der Waals surface area (Å²) < 4.78 is 4.94. The number of rotatable bonds is 1. The highest BCUT2D eigenvalue weighted by Crippen LogP contribution is 2.12. The Bertz CT molecular complexity index is 192. The van der Waals surface area contributed by atoms with Crippen LogP contribution in [0.4, 0.5) is 0 Å². The molecule has 1 saturated heterocycles. The molecule has 1 aliphatic carbocycles. The highest BCUT2D eigenvalue weighted by atomic mass is 16.5. The van der Waals surface area contributed by atoms with Gasteiger partial charge in [-0.25, -0.2) is 0 Å². The molecule has 0 N–H and O–H groups in total. The van der Waals surface area contributed by atoms with Gasteiger partial charge in [0.25, 0.3) is 0 Å². The molecule has 2 fully saturated rings. The molecule has 0 spiro atoms. The number of hydrogen-bond acceptors (Lipinski definition) is 3. The van der Waals surface area contributed by atoms with E-state index < -0.39 is 0 Å². The predicted molar refractivity (Wildman–Crippen MR) is 69.1 cm³/mol. The van der Waals surface area contributed by atoms with Crippen LogP contribution in [0, 0.1) is 0 Å². The molecular formula is C14H26O3. The molecule has 2 aliphatic rings. The fourth-order valence-electron chi connectivity index (χ4n) is 1.46. The second kappa shape index (κ2) is 11.8. The first kappa shape index (κ1) is 16.3. The maximum absolute atomic E-state index is 10.5. The average Bonchev–Trinajstić information content (AvgIpc) is 2.89. The van der Waals surface area contributed by atoms with Gasteiger partial charge in [-0.05, 0) is 32.6 Å². The standard InChI is InChI=1S/C6H10O.2C4H8O/c7-6-4-2-1-3-5-6;1-2-4-5-3-1;1-3-4(2)5/h1-5H2;1-4H2;3H2,1-2H3. The van der Waals surface area contributed by atoms with Crippen LogP contribution in [0.15, 0.2) is 0 Å². The van der Waals surface area contributed by atoms with Crippen LogP contribution in [-0.2, 0) is 14.3 Å². The van der Waals surface area contributed by atoms with Gasteiger partial charge in [0.15, 0.2) is 0 Å². The van der Waals surface area contributed by atoms with Gasteiger partial charge < -0.3 is 9.53 Å². The molecule has 0 bridgehead atoms. The van der Waals surface area contributed by atoms with Crippen molar-refractivity contribution in [3.8, 4) is 0 Å². The van der Waals surface area contributed by atoms with E-state index in [0.717, 1.165) is 38.9 Å². The maximum Gasteiger partial charge on any atom is 0.132 e. The summed E-state index contributed by atoms with van der Waals surface area (Å²) >= 11 is 0. The van der Waals surface area contributed by atoms with Crippen LogP contribution in [0.1, 0.15) is 65.2 Å². The third-order valence-electron chi connectivity index (χ3n) is 2.74. The normalized spacial score (nSPS) is 18.6. The molecule has 0 aromatic rings. The summed E-state index contributed by atoms with van der Waals surface area (Å²) in [4.78, 5) is 20.3. The Morgan fingerprint density at radius 3 is 1.71 bits per heavy atom. The summed E-state index contributed by atoms with van der Waals surface area (Å²) in [7, 11) is 0. The van der Waals surface area contributed by atoms with Crippen LogP contribution in [0.5, 0.6) is 0 Å². The Hall–Kier alpha value is -0.700. The number of carbonyl (C=O) groups excluding carboxylic acids is 2. The summed E-state index contributed by atoms with van der Waals surface area (Å²) in [5.74, 6) is 0.719. The summed E-state index contributed by atoms with van der Waals surface area (Å²) in [6.07, 6.45) is 8.46. The fourth-order valence-corrected chi connectivity index (χ4v) is 1.46. The van der Waals surface area contributed by atoms with Crippen molar-refractivity contribution in [1.29, 1.82) is 0 Å².